The Morgan fingerprint density at radius 3 is 2.86 bits per heavy atom. The monoisotopic (exact) mass is 568 g/mol. The zero-order valence-electron chi connectivity index (χ0n) is 24.4. The highest BCUT2D eigenvalue weighted by Crippen LogP contribution is 2.42. The minimum Gasteiger partial charge on any atom is -0.462 e. The second-order valence-corrected chi connectivity index (χ2v) is 12.1. The number of H-pyrrole nitrogens is 1. The van der Waals surface area contributed by atoms with Gasteiger partial charge in [-0.2, -0.15) is 9.97 Å². The molecule has 0 radical (unpaired) electrons. The topological polar surface area (TPSA) is 93.7 Å². The van der Waals surface area contributed by atoms with Crippen LogP contribution in [-0.2, 0) is 30.7 Å². The van der Waals surface area contributed by atoms with Gasteiger partial charge in [0, 0.05) is 69.2 Å². The number of likely N-dealkylation sites (N-methyl/N-ethyl adjacent to an activating group) is 1. The van der Waals surface area contributed by atoms with Crippen LogP contribution in [0.1, 0.15) is 53.5 Å². The molecule has 10 heteroatoms. The van der Waals surface area contributed by atoms with Crippen LogP contribution in [0.15, 0.2) is 49.3 Å². The normalized spacial score (nSPS) is 24.2. The summed E-state index contributed by atoms with van der Waals surface area (Å²) in [5, 5.41) is 0. The Labute approximate surface area is 247 Å². The molecule has 0 bridgehead atoms. The maximum atomic E-state index is 12.8. The number of piperazine rings is 1. The Hall–Kier alpha value is -3.76. The van der Waals surface area contributed by atoms with Crippen LogP contribution in [0.5, 0.6) is 6.01 Å². The predicted octanol–water partition coefficient (Wildman–Crippen LogP) is 3.12. The van der Waals surface area contributed by atoms with E-state index in [0.29, 0.717) is 50.8 Å². The lowest BCUT2D eigenvalue weighted by atomic mass is 10.1. The van der Waals surface area contributed by atoms with Crippen LogP contribution >= 0.6 is 0 Å². The van der Waals surface area contributed by atoms with Gasteiger partial charge in [0.05, 0.1) is 11.7 Å². The van der Waals surface area contributed by atoms with Crippen LogP contribution in [0.3, 0.4) is 0 Å². The van der Waals surface area contributed by atoms with E-state index >= 15 is 0 Å². The first-order chi connectivity index (χ1) is 20.6. The smallest absolute Gasteiger partial charge is 0.318 e. The molecule has 1 aromatic carbocycles. The van der Waals surface area contributed by atoms with E-state index in [-0.39, 0.29) is 11.9 Å². The number of carbonyl (C=O) groups excluding carboxylic acids is 1. The number of likely N-dealkylation sites (tertiary alicyclic amines) is 1. The van der Waals surface area contributed by atoms with Crippen molar-refractivity contribution < 1.29 is 9.53 Å². The molecule has 3 atom stereocenters. The summed E-state index contributed by atoms with van der Waals surface area (Å²) in [6.07, 6.45) is 10.2. The van der Waals surface area contributed by atoms with Crippen molar-refractivity contribution >= 4 is 11.7 Å². The molecular formula is C32H40N8O2. The second kappa shape index (κ2) is 11.5. The van der Waals surface area contributed by atoms with Gasteiger partial charge < -0.3 is 24.4 Å². The number of nitrogens with zero attached hydrogens (tertiary/aromatic N) is 7. The van der Waals surface area contributed by atoms with Gasteiger partial charge in [0.25, 0.3) is 0 Å². The summed E-state index contributed by atoms with van der Waals surface area (Å²) in [6.45, 7) is 8.98. The third-order valence-corrected chi connectivity index (χ3v) is 9.61. The van der Waals surface area contributed by atoms with Gasteiger partial charge in [0.15, 0.2) is 0 Å². The first-order valence-electron chi connectivity index (χ1n) is 15.3. The number of nitrogens with one attached hydrogen (secondary N) is 1. The highest BCUT2D eigenvalue weighted by molar-refractivity contribution is 5.87. The number of rotatable bonds is 8. The number of aryl methyl sites for hydroxylation is 1. The molecule has 1 aliphatic carbocycles. The molecule has 7 rings (SSSR count). The van der Waals surface area contributed by atoms with Gasteiger partial charge in [-0.3, -0.25) is 9.69 Å². The largest absolute Gasteiger partial charge is 0.462 e. The van der Waals surface area contributed by atoms with E-state index in [0.717, 1.165) is 56.2 Å². The zero-order chi connectivity index (χ0) is 28.6. The summed E-state index contributed by atoms with van der Waals surface area (Å²) < 4.78 is 6.32. The third-order valence-electron chi connectivity index (χ3n) is 9.61. The molecule has 2 aromatic heterocycles. The van der Waals surface area contributed by atoms with Crippen molar-refractivity contribution in [2.45, 2.75) is 63.3 Å². The van der Waals surface area contributed by atoms with Crippen molar-refractivity contribution in [3.63, 3.8) is 0 Å². The molecule has 10 nitrogen and oxygen atoms in total. The van der Waals surface area contributed by atoms with Crippen molar-refractivity contribution in [2.75, 3.05) is 44.7 Å². The molecule has 0 saturated carbocycles. The quantitative estimate of drug-likeness (QED) is 0.415. The maximum absolute atomic E-state index is 12.8. The number of ether oxygens (including phenoxy) is 1. The number of fused-ring (bicyclic) bond motifs is 2. The number of hydrogen-bond acceptors (Lipinski definition) is 8. The van der Waals surface area contributed by atoms with Crippen LogP contribution in [-0.4, -0.2) is 92.5 Å². The summed E-state index contributed by atoms with van der Waals surface area (Å²) >= 11 is 0. The van der Waals surface area contributed by atoms with Gasteiger partial charge in [-0.1, -0.05) is 30.8 Å². The standard InChI is InChI=1S/C32H40N8O2/c1-3-30(41)40-16-15-38(18-24(40)17-29-33-12-13-34-29)31-26-19-39(28-11-10-22-7-4-5-9-25(22)28)20-27(26)35-32(36-31)42-21-23-8-6-14-37(23)2/h3-5,7,9,12-13,23-24,28H,1,6,8,10-11,14-21H2,2H3,(H,33,34)/t23-,24-,28?/m0/s1. The number of aromatic nitrogens is 4. The molecule has 2 fully saturated rings. The molecule has 3 aliphatic heterocycles. The van der Waals surface area contributed by atoms with Crippen molar-refractivity contribution in [3.05, 3.63) is 77.5 Å². The summed E-state index contributed by atoms with van der Waals surface area (Å²) in [4.78, 5) is 39.7. The molecule has 1 amide bonds. The summed E-state index contributed by atoms with van der Waals surface area (Å²) in [7, 11) is 2.16. The molecule has 5 heterocycles. The molecule has 4 aliphatic rings. The fourth-order valence-electron chi connectivity index (χ4n) is 7.32. The Kier molecular flexibility index (Phi) is 7.41. The van der Waals surface area contributed by atoms with Gasteiger partial charge in [0.2, 0.25) is 5.91 Å². The average Bonchev–Trinajstić information content (AvgIpc) is 3.82. The molecule has 1 N–H and O–H groups in total. The molecule has 2 saturated heterocycles. The predicted molar refractivity (Wildman–Crippen MR) is 160 cm³/mol. The van der Waals surface area contributed by atoms with Gasteiger partial charge in [-0.05, 0) is 56.5 Å². The Balaban J connectivity index is 1.18. The van der Waals surface area contributed by atoms with Crippen LogP contribution in [0.4, 0.5) is 5.82 Å². The molecule has 0 spiro atoms. The van der Waals surface area contributed by atoms with Crippen molar-refractivity contribution in [2.24, 2.45) is 0 Å². The number of benzene rings is 1. The van der Waals surface area contributed by atoms with Crippen molar-refractivity contribution in [3.8, 4) is 6.01 Å². The van der Waals surface area contributed by atoms with Gasteiger partial charge in [0.1, 0.15) is 18.2 Å². The molecule has 1 unspecified atom stereocenters. The van der Waals surface area contributed by atoms with E-state index in [1.165, 1.54) is 29.2 Å². The molecule has 42 heavy (non-hydrogen) atoms. The third kappa shape index (κ3) is 5.18. The SMILES string of the molecule is C=CC(=O)N1CCN(c2nc(OC[C@@H]3CCCN3C)nc3c2CN(C2CCc4ccccc42)C3)C[C@@H]1Cc1ncc[nH]1. The van der Waals surface area contributed by atoms with Crippen LogP contribution in [0, 0.1) is 0 Å². The van der Waals surface area contributed by atoms with Crippen LogP contribution in [0.2, 0.25) is 0 Å². The Morgan fingerprint density at radius 2 is 2.05 bits per heavy atom. The minimum atomic E-state index is -0.0586. The second-order valence-electron chi connectivity index (χ2n) is 12.1. The Bertz CT molecular complexity index is 1440. The van der Waals surface area contributed by atoms with Crippen LogP contribution in [0.25, 0.3) is 0 Å². The first-order valence-corrected chi connectivity index (χ1v) is 15.3. The number of carbonyl (C=O) groups is 1. The molecule has 220 valence electrons. The van der Waals surface area contributed by atoms with Crippen molar-refractivity contribution in [1.29, 1.82) is 0 Å². The zero-order valence-corrected chi connectivity index (χ0v) is 24.4. The molecular weight excluding hydrogens is 528 g/mol. The average molecular weight is 569 g/mol. The van der Waals surface area contributed by atoms with E-state index in [2.05, 4.69) is 62.6 Å². The lowest BCUT2D eigenvalue weighted by molar-refractivity contribution is -0.128. The maximum Gasteiger partial charge on any atom is 0.318 e. The van der Waals surface area contributed by atoms with Gasteiger partial charge >= 0.3 is 6.01 Å². The summed E-state index contributed by atoms with van der Waals surface area (Å²) in [6, 6.07) is 10.0. The summed E-state index contributed by atoms with van der Waals surface area (Å²) in [5.74, 6) is 1.76. The number of amides is 1. The van der Waals surface area contributed by atoms with E-state index in [1.807, 2.05) is 11.1 Å². The highest BCUT2D eigenvalue weighted by atomic mass is 16.5. The number of imidazole rings is 1. The van der Waals surface area contributed by atoms with E-state index < -0.39 is 0 Å². The highest BCUT2D eigenvalue weighted by Gasteiger charge is 2.38. The lowest BCUT2D eigenvalue weighted by Gasteiger charge is -2.42. The fourth-order valence-corrected chi connectivity index (χ4v) is 7.32. The van der Waals surface area contributed by atoms with E-state index in [9.17, 15) is 4.79 Å². The van der Waals surface area contributed by atoms with Gasteiger partial charge in [-0.15, -0.1) is 0 Å². The Morgan fingerprint density at radius 1 is 1.14 bits per heavy atom. The first kappa shape index (κ1) is 27.1. The van der Waals surface area contributed by atoms with Gasteiger partial charge in [-0.25, -0.2) is 4.98 Å². The van der Waals surface area contributed by atoms with E-state index in [1.54, 1.807) is 6.20 Å². The minimum absolute atomic E-state index is 0.0464. The van der Waals surface area contributed by atoms with Crippen molar-refractivity contribution in [1.82, 2.24) is 34.6 Å². The fraction of sp³-hybridized carbons (Fsp3) is 0.500. The summed E-state index contributed by atoms with van der Waals surface area (Å²) in [5.41, 5.74) is 5.14. The number of hydrogen-bond donors (Lipinski definition) is 1. The number of anilines is 1. The van der Waals surface area contributed by atoms with E-state index in [4.69, 9.17) is 14.7 Å². The van der Waals surface area contributed by atoms with Crippen LogP contribution < -0.4 is 9.64 Å². The lowest BCUT2D eigenvalue weighted by Crippen LogP contribution is -2.56. The molecule has 3 aromatic rings. The number of aromatic amines is 1.